The second-order valence-electron chi connectivity index (χ2n) is 4.20. The van der Waals surface area contributed by atoms with Gasteiger partial charge in [-0.15, -0.1) is 0 Å². The number of nitrogens with one attached hydrogen (secondary N) is 2. The largest absolute Gasteiger partial charge is 0.494 e. The highest BCUT2D eigenvalue weighted by Gasteiger charge is 2.04. The molecule has 0 fully saturated rings. The van der Waals surface area contributed by atoms with Gasteiger partial charge in [0.1, 0.15) is 5.75 Å². The Labute approximate surface area is 135 Å². The molecule has 0 heterocycles. The lowest BCUT2D eigenvalue weighted by Gasteiger charge is -2.09. The third-order valence-corrected chi connectivity index (χ3v) is 2.97. The topological polar surface area (TPSA) is 59.6 Å². The number of thiocarbonyl (C=S) groups is 1. The SMILES string of the molecule is COCCNC(=S)NC(=O)CCCOc1ccc(Cl)cc1. The van der Waals surface area contributed by atoms with E-state index in [0.29, 0.717) is 42.7 Å². The summed E-state index contributed by atoms with van der Waals surface area (Å²) in [5, 5.41) is 6.44. The number of amides is 1. The Kier molecular flexibility index (Phi) is 8.73. The molecule has 0 aliphatic heterocycles. The number of rotatable bonds is 8. The Morgan fingerprint density at radius 1 is 1.29 bits per heavy atom. The minimum Gasteiger partial charge on any atom is -0.494 e. The zero-order valence-corrected chi connectivity index (χ0v) is 13.4. The Balaban J connectivity index is 2.10. The van der Waals surface area contributed by atoms with E-state index < -0.39 is 0 Å². The van der Waals surface area contributed by atoms with Crippen LogP contribution < -0.4 is 15.4 Å². The molecule has 0 radical (unpaired) electrons. The molecule has 0 saturated carbocycles. The maximum Gasteiger partial charge on any atom is 0.226 e. The van der Waals surface area contributed by atoms with Crippen molar-refractivity contribution in [3.8, 4) is 5.75 Å². The first-order valence-corrected chi connectivity index (χ1v) is 7.35. The van der Waals surface area contributed by atoms with Crippen LogP contribution >= 0.6 is 23.8 Å². The maximum absolute atomic E-state index is 11.6. The molecule has 1 rings (SSSR count). The highest BCUT2D eigenvalue weighted by molar-refractivity contribution is 7.80. The van der Waals surface area contributed by atoms with E-state index >= 15 is 0 Å². The fourth-order valence-corrected chi connectivity index (χ4v) is 1.80. The van der Waals surface area contributed by atoms with Gasteiger partial charge in [-0.1, -0.05) is 11.6 Å². The summed E-state index contributed by atoms with van der Waals surface area (Å²) in [6, 6.07) is 7.09. The van der Waals surface area contributed by atoms with Crippen LogP contribution in [0.5, 0.6) is 5.75 Å². The van der Waals surface area contributed by atoms with Gasteiger partial charge < -0.3 is 20.1 Å². The lowest BCUT2D eigenvalue weighted by molar-refractivity contribution is -0.119. The minimum atomic E-state index is -0.135. The number of hydrogen-bond donors (Lipinski definition) is 2. The summed E-state index contributed by atoms with van der Waals surface area (Å²) in [5.74, 6) is 0.598. The van der Waals surface area contributed by atoms with Crippen LogP contribution in [-0.2, 0) is 9.53 Å². The normalized spacial score (nSPS) is 10.0. The van der Waals surface area contributed by atoms with Crippen LogP contribution in [0.15, 0.2) is 24.3 Å². The van der Waals surface area contributed by atoms with E-state index in [0.717, 1.165) is 5.75 Å². The van der Waals surface area contributed by atoms with Gasteiger partial charge in [-0.25, -0.2) is 0 Å². The second kappa shape index (κ2) is 10.4. The summed E-state index contributed by atoms with van der Waals surface area (Å²) >= 11 is 10.7. The van der Waals surface area contributed by atoms with E-state index in [2.05, 4.69) is 10.6 Å². The number of carbonyl (C=O) groups is 1. The number of halogens is 1. The molecular weight excluding hydrogens is 312 g/mol. The van der Waals surface area contributed by atoms with Crippen LogP contribution in [0.2, 0.25) is 5.02 Å². The molecule has 1 aromatic carbocycles. The molecule has 0 bridgehead atoms. The maximum atomic E-state index is 11.6. The van der Waals surface area contributed by atoms with Crippen molar-refractivity contribution in [2.24, 2.45) is 0 Å². The van der Waals surface area contributed by atoms with Gasteiger partial charge in [-0.3, -0.25) is 4.79 Å². The Morgan fingerprint density at radius 3 is 2.67 bits per heavy atom. The molecule has 0 saturated heterocycles. The average Bonchev–Trinajstić information content (AvgIpc) is 2.46. The van der Waals surface area contributed by atoms with Crippen molar-refractivity contribution in [1.82, 2.24) is 10.6 Å². The number of benzene rings is 1. The van der Waals surface area contributed by atoms with Crippen molar-refractivity contribution in [2.45, 2.75) is 12.8 Å². The molecule has 0 atom stereocenters. The molecule has 5 nitrogen and oxygen atoms in total. The second-order valence-corrected chi connectivity index (χ2v) is 5.05. The smallest absolute Gasteiger partial charge is 0.226 e. The van der Waals surface area contributed by atoms with Gasteiger partial charge in [0.15, 0.2) is 5.11 Å². The van der Waals surface area contributed by atoms with Gasteiger partial charge in [0.25, 0.3) is 0 Å². The monoisotopic (exact) mass is 330 g/mol. The molecule has 0 aromatic heterocycles. The molecular formula is C14H19ClN2O3S. The predicted molar refractivity (Wildman–Crippen MR) is 86.8 cm³/mol. The van der Waals surface area contributed by atoms with Crippen molar-refractivity contribution in [1.29, 1.82) is 0 Å². The van der Waals surface area contributed by atoms with Crippen LogP contribution in [0.4, 0.5) is 0 Å². The van der Waals surface area contributed by atoms with Crippen LogP contribution in [0, 0.1) is 0 Å². The molecule has 1 amide bonds. The molecule has 0 unspecified atom stereocenters. The quantitative estimate of drug-likeness (QED) is 0.565. The van der Waals surface area contributed by atoms with E-state index in [1.54, 1.807) is 31.4 Å². The van der Waals surface area contributed by atoms with Crippen LogP contribution in [-0.4, -0.2) is 37.9 Å². The third kappa shape index (κ3) is 8.49. The molecule has 116 valence electrons. The average molecular weight is 331 g/mol. The summed E-state index contributed by atoms with van der Waals surface area (Å²) < 4.78 is 10.4. The molecule has 0 aliphatic rings. The van der Waals surface area contributed by atoms with Gasteiger partial charge in [-0.05, 0) is 42.9 Å². The fourth-order valence-electron chi connectivity index (χ4n) is 1.45. The van der Waals surface area contributed by atoms with Gasteiger partial charge in [0.2, 0.25) is 5.91 Å². The van der Waals surface area contributed by atoms with E-state index in [1.165, 1.54) is 0 Å². The Hall–Kier alpha value is -1.37. The summed E-state index contributed by atoms with van der Waals surface area (Å²) in [6.45, 7) is 1.55. The Bertz CT molecular complexity index is 454. The van der Waals surface area contributed by atoms with E-state index in [1.807, 2.05) is 0 Å². The highest BCUT2D eigenvalue weighted by atomic mass is 35.5. The Morgan fingerprint density at radius 2 is 2.00 bits per heavy atom. The van der Waals surface area contributed by atoms with Gasteiger partial charge in [0.05, 0.1) is 13.2 Å². The first-order chi connectivity index (χ1) is 10.1. The lowest BCUT2D eigenvalue weighted by Crippen LogP contribution is -2.40. The number of methoxy groups -OCH3 is 1. The summed E-state index contributed by atoms with van der Waals surface area (Å²) in [4.78, 5) is 11.6. The van der Waals surface area contributed by atoms with E-state index in [4.69, 9.17) is 33.3 Å². The number of hydrogen-bond acceptors (Lipinski definition) is 4. The van der Waals surface area contributed by atoms with Crippen molar-refractivity contribution in [2.75, 3.05) is 26.9 Å². The van der Waals surface area contributed by atoms with Crippen molar-refractivity contribution in [3.05, 3.63) is 29.3 Å². The van der Waals surface area contributed by atoms with Crippen LogP contribution in [0.1, 0.15) is 12.8 Å². The molecule has 2 N–H and O–H groups in total. The van der Waals surface area contributed by atoms with E-state index in [-0.39, 0.29) is 5.91 Å². The number of ether oxygens (including phenoxy) is 2. The van der Waals surface area contributed by atoms with Gasteiger partial charge >= 0.3 is 0 Å². The molecule has 1 aromatic rings. The lowest BCUT2D eigenvalue weighted by atomic mass is 10.3. The molecule has 0 aliphatic carbocycles. The van der Waals surface area contributed by atoms with Crippen molar-refractivity contribution >= 4 is 34.8 Å². The van der Waals surface area contributed by atoms with Crippen molar-refractivity contribution in [3.63, 3.8) is 0 Å². The van der Waals surface area contributed by atoms with Crippen molar-refractivity contribution < 1.29 is 14.3 Å². The zero-order valence-electron chi connectivity index (χ0n) is 11.9. The molecule has 7 heteroatoms. The first-order valence-electron chi connectivity index (χ1n) is 6.57. The first kappa shape index (κ1) is 17.7. The minimum absolute atomic E-state index is 0.135. The zero-order chi connectivity index (χ0) is 15.5. The standard InChI is InChI=1S/C14H19ClN2O3S/c1-19-10-8-16-14(21)17-13(18)3-2-9-20-12-6-4-11(15)5-7-12/h4-7H,2-3,8-10H2,1H3,(H2,16,17,18,21). The summed E-state index contributed by atoms with van der Waals surface area (Å²) in [6.07, 6.45) is 0.953. The highest BCUT2D eigenvalue weighted by Crippen LogP contribution is 2.15. The molecule has 0 spiro atoms. The fraction of sp³-hybridized carbons (Fsp3) is 0.429. The molecule has 21 heavy (non-hydrogen) atoms. The number of carbonyl (C=O) groups excluding carboxylic acids is 1. The third-order valence-electron chi connectivity index (χ3n) is 2.48. The predicted octanol–water partition coefficient (Wildman–Crippen LogP) is 2.14. The van der Waals surface area contributed by atoms with Gasteiger partial charge in [-0.2, -0.15) is 0 Å². The summed E-state index contributed by atoms with van der Waals surface area (Å²) in [7, 11) is 1.60. The van der Waals surface area contributed by atoms with E-state index in [9.17, 15) is 4.79 Å². The summed E-state index contributed by atoms with van der Waals surface area (Å²) in [5.41, 5.74) is 0. The van der Waals surface area contributed by atoms with Crippen LogP contribution in [0.3, 0.4) is 0 Å². The van der Waals surface area contributed by atoms with Crippen LogP contribution in [0.25, 0.3) is 0 Å². The van der Waals surface area contributed by atoms with Gasteiger partial charge in [0, 0.05) is 25.1 Å².